The Morgan fingerprint density at radius 2 is 1.95 bits per heavy atom. The molecule has 0 saturated heterocycles. The van der Waals surface area contributed by atoms with Crippen molar-refractivity contribution in [3.8, 4) is 0 Å². The van der Waals surface area contributed by atoms with E-state index in [2.05, 4.69) is 15.9 Å². The van der Waals surface area contributed by atoms with Crippen molar-refractivity contribution in [2.45, 2.75) is 6.04 Å². The highest BCUT2D eigenvalue weighted by molar-refractivity contribution is 9.10. The zero-order valence-electron chi connectivity index (χ0n) is 10.2. The van der Waals surface area contributed by atoms with Gasteiger partial charge in [-0.3, -0.25) is 0 Å². The van der Waals surface area contributed by atoms with E-state index in [1.807, 2.05) is 23.6 Å². The maximum atomic E-state index is 14.0. The van der Waals surface area contributed by atoms with Crippen molar-refractivity contribution in [3.05, 3.63) is 68.2 Å². The van der Waals surface area contributed by atoms with E-state index in [1.54, 1.807) is 23.5 Å². The third-order valence-corrected chi connectivity index (χ3v) is 5.53. The number of rotatable bonds is 2. The number of benzene rings is 2. The second-order valence-electron chi connectivity index (χ2n) is 4.42. The molecule has 0 aliphatic heterocycles. The van der Waals surface area contributed by atoms with Crippen molar-refractivity contribution in [1.82, 2.24) is 0 Å². The SMILES string of the molecule is NC(c1c(F)cccc1Cl)c1csc2c(Br)cccc12. The standard InChI is InChI=1S/C15H10BrClFNS/c16-10-4-1-3-8-9(7-20-15(8)10)14(19)13-11(17)5-2-6-12(13)18/h1-7,14H,19H2. The fourth-order valence-electron chi connectivity index (χ4n) is 2.25. The molecule has 102 valence electrons. The Kier molecular flexibility index (Phi) is 3.82. The Bertz CT molecular complexity index is 766. The lowest BCUT2D eigenvalue weighted by molar-refractivity contribution is 0.600. The average molecular weight is 371 g/mol. The van der Waals surface area contributed by atoms with E-state index in [4.69, 9.17) is 17.3 Å². The zero-order valence-corrected chi connectivity index (χ0v) is 13.4. The number of hydrogen-bond acceptors (Lipinski definition) is 2. The molecule has 0 aliphatic rings. The van der Waals surface area contributed by atoms with Gasteiger partial charge < -0.3 is 5.73 Å². The fourth-order valence-corrected chi connectivity index (χ4v) is 4.18. The number of halogens is 3. The summed E-state index contributed by atoms with van der Waals surface area (Å²) in [6.45, 7) is 0. The Morgan fingerprint density at radius 3 is 2.70 bits per heavy atom. The maximum Gasteiger partial charge on any atom is 0.129 e. The molecule has 0 bridgehead atoms. The molecule has 2 N–H and O–H groups in total. The number of thiophene rings is 1. The molecule has 5 heteroatoms. The second-order valence-corrected chi connectivity index (χ2v) is 6.56. The molecule has 3 rings (SSSR count). The summed E-state index contributed by atoms with van der Waals surface area (Å²) >= 11 is 11.2. The van der Waals surface area contributed by atoms with Gasteiger partial charge in [-0.25, -0.2) is 4.39 Å². The third-order valence-electron chi connectivity index (χ3n) is 3.23. The molecule has 0 saturated carbocycles. The monoisotopic (exact) mass is 369 g/mol. The quantitative estimate of drug-likeness (QED) is 0.633. The van der Waals surface area contributed by atoms with Crippen molar-refractivity contribution >= 4 is 49.0 Å². The van der Waals surface area contributed by atoms with E-state index in [9.17, 15) is 4.39 Å². The average Bonchev–Trinajstić information content (AvgIpc) is 2.83. The molecule has 0 radical (unpaired) electrons. The van der Waals surface area contributed by atoms with Crippen LogP contribution in [0.2, 0.25) is 5.02 Å². The second kappa shape index (κ2) is 5.45. The lowest BCUT2D eigenvalue weighted by Crippen LogP contribution is -2.13. The third kappa shape index (κ3) is 2.27. The van der Waals surface area contributed by atoms with Gasteiger partial charge in [0.05, 0.1) is 6.04 Å². The van der Waals surface area contributed by atoms with Crippen LogP contribution in [0.4, 0.5) is 4.39 Å². The van der Waals surface area contributed by atoms with Crippen molar-refractivity contribution in [1.29, 1.82) is 0 Å². The molecule has 0 amide bonds. The van der Waals surface area contributed by atoms with E-state index in [-0.39, 0.29) is 5.82 Å². The lowest BCUT2D eigenvalue weighted by atomic mass is 9.98. The predicted molar refractivity (Wildman–Crippen MR) is 87.0 cm³/mol. The minimum absolute atomic E-state index is 0.342. The largest absolute Gasteiger partial charge is 0.320 e. The molecule has 20 heavy (non-hydrogen) atoms. The summed E-state index contributed by atoms with van der Waals surface area (Å²) in [5.74, 6) is -0.376. The molecule has 3 aromatic rings. The summed E-state index contributed by atoms with van der Waals surface area (Å²) in [5, 5.41) is 3.34. The van der Waals surface area contributed by atoms with Crippen LogP contribution in [0.25, 0.3) is 10.1 Å². The van der Waals surface area contributed by atoms with Crippen LogP contribution in [0.15, 0.2) is 46.3 Å². The van der Waals surface area contributed by atoms with Crippen LogP contribution in [0.3, 0.4) is 0 Å². The van der Waals surface area contributed by atoms with E-state index < -0.39 is 6.04 Å². The Balaban J connectivity index is 2.18. The first kappa shape index (κ1) is 14.0. The van der Waals surface area contributed by atoms with Gasteiger partial charge in [0.25, 0.3) is 0 Å². The summed E-state index contributed by atoms with van der Waals surface area (Å²) in [5.41, 5.74) is 7.47. The van der Waals surface area contributed by atoms with Gasteiger partial charge in [0, 0.05) is 19.8 Å². The van der Waals surface area contributed by atoms with E-state index in [0.29, 0.717) is 10.6 Å². The maximum absolute atomic E-state index is 14.0. The van der Waals surface area contributed by atoms with Gasteiger partial charge in [0.15, 0.2) is 0 Å². The summed E-state index contributed by atoms with van der Waals surface area (Å²) in [7, 11) is 0. The minimum atomic E-state index is -0.577. The van der Waals surface area contributed by atoms with Gasteiger partial charge in [0.2, 0.25) is 0 Å². The highest BCUT2D eigenvalue weighted by atomic mass is 79.9. The van der Waals surface area contributed by atoms with Gasteiger partial charge >= 0.3 is 0 Å². The van der Waals surface area contributed by atoms with Crippen LogP contribution in [0, 0.1) is 5.82 Å². The topological polar surface area (TPSA) is 26.0 Å². The molecular weight excluding hydrogens is 361 g/mol. The molecule has 2 aromatic carbocycles. The van der Waals surface area contributed by atoms with Crippen molar-refractivity contribution < 1.29 is 4.39 Å². The highest BCUT2D eigenvalue weighted by Crippen LogP contribution is 2.38. The van der Waals surface area contributed by atoms with Crippen molar-refractivity contribution in [2.75, 3.05) is 0 Å². The van der Waals surface area contributed by atoms with Crippen molar-refractivity contribution in [2.24, 2.45) is 5.73 Å². The van der Waals surface area contributed by atoms with Crippen LogP contribution < -0.4 is 5.73 Å². The Labute approximate surface area is 133 Å². The molecule has 0 spiro atoms. The van der Waals surface area contributed by atoms with Crippen LogP contribution in [-0.2, 0) is 0 Å². The summed E-state index contributed by atoms with van der Waals surface area (Å²) in [6, 6.07) is 9.95. The van der Waals surface area contributed by atoms with E-state index >= 15 is 0 Å². The molecule has 1 atom stereocenters. The summed E-state index contributed by atoms with van der Waals surface area (Å²) in [4.78, 5) is 0. The molecule has 1 nitrogen and oxygen atoms in total. The number of hydrogen-bond donors (Lipinski definition) is 1. The van der Waals surface area contributed by atoms with Crippen LogP contribution in [0.5, 0.6) is 0 Å². The molecule has 0 aliphatic carbocycles. The van der Waals surface area contributed by atoms with E-state index in [0.717, 1.165) is 20.1 Å². The van der Waals surface area contributed by atoms with Crippen LogP contribution in [0.1, 0.15) is 17.2 Å². The molecule has 1 heterocycles. The molecular formula is C15H10BrClFNS. The normalized spacial score (nSPS) is 12.8. The Morgan fingerprint density at radius 1 is 1.20 bits per heavy atom. The van der Waals surface area contributed by atoms with Gasteiger partial charge in [-0.05, 0) is 50.5 Å². The first-order valence-electron chi connectivity index (χ1n) is 5.94. The number of fused-ring (bicyclic) bond motifs is 1. The van der Waals surface area contributed by atoms with Gasteiger partial charge in [-0.2, -0.15) is 0 Å². The highest BCUT2D eigenvalue weighted by Gasteiger charge is 2.20. The lowest BCUT2D eigenvalue weighted by Gasteiger charge is -2.14. The summed E-state index contributed by atoms with van der Waals surface area (Å²) in [6.07, 6.45) is 0. The van der Waals surface area contributed by atoms with Gasteiger partial charge in [-0.1, -0.05) is 29.8 Å². The first-order chi connectivity index (χ1) is 9.59. The van der Waals surface area contributed by atoms with Crippen LogP contribution in [-0.4, -0.2) is 0 Å². The summed E-state index contributed by atoms with van der Waals surface area (Å²) < 4.78 is 16.1. The molecule has 1 aromatic heterocycles. The zero-order chi connectivity index (χ0) is 14.3. The fraction of sp³-hybridized carbons (Fsp3) is 0.0667. The first-order valence-corrected chi connectivity index (χ1v) is 7.99. The van der Waals surface area contributed by atoms with E-state index in [1.165, 1.54) is 6.07 Å². The Hall–Kier alpha value is -0.940. The van der Waals surface area contributed by atoms with Gasteiger partial charge in [-0.15, -0.1) is 11.3 Å². The molecule has 1 unspecified atom stereocenters. The molecule has 0 fully saturated rings. The number of nitrogens with two attached hydrogens (primary N) is 1. The smallest absolute Gasteiger partial charge is 0.129 e. The van der Waals surface area contributed by atoms with Crippen LogP contribution >= 0.6 is 38.9 Å². The van der Waals surface area contributed by atoms with Gasteiger partial charge in [0.1, 0.15) is 5.82 Å². The predicted octanol–water partition coefficient (Wildman–Crippen LogP) is 5.50. The minimum Gasteiger partial charge on any atom is -0.320 e. The van der Waals surface area contributed by atoms with Crippen molar-refractivity contribution in [3.63, 3.8) is 0 Å².